The lowest BCUT2D eigenvalue weighted by atomic mass is 10.2. The Balaban J connectivity index is 1.78. The van der Waals surface area contributed by atoms with Gasteiger partial charge < -0.3 is 0 Å². The Bertz CT molecular complexity index is 1330. The average molecular weight is 456 g/mol. The number of fused-ring (bicyclic) bond motifs is 1. The molecule has 6 nitrogen and oxygen atoms in total. The van der Waals surface area contributed by atoms with Gasteiger partial charge in [0, 0.05) is 24.3 Å². The topological polar surface area (TPSA) is 71.7 Å². The predicted octanol–water partition coefficient (Wildman–Crippen LogP) is 3.89. The number of anilines is 1. The van der Waals surface area contributed by atoms with Gasteiger partial charge in [0.15, 0.2) is 0 Å². The highest BCUT2D eigenvalue weighted by atomic mass is 35.5. The SMILES string of the molecule is CC(C)N=c1ccccn1C(=O)c1ccc(Cl)c(S(=O)(=O)N2CCc3ccccc32)c1. The minimum atomic E-state index is -3.93. The number of sulfonamides is 1. The molecule has 1 aliphatic rings. The van der Waals surface area contributed by atoms with Gasteiger partial charge in [-0.1, -0.05) is 35.9 Å². The number of nitrogens with zero attached hydrogens (tertiary/aromatic N) is 3. The molecule has 1 aromatic heterocycles. The Morgan fingerprint density at radius 2 is 1.81 bits per heavy atom. The fraction of sp³-hybridized carbons (Fsp3) is 0.217. The maximum atomic E-state index is 13.4. The van der Waals surface area contributed by atoms with Gasteiger partial charge in [0.25, 0.3) is 15.9 Å². The zero-order chi connectivity index (χ0) is 22.2. The van der Waals surface area contributed by atoms with Gasteiger partial charge in [-0.2, -0.15) is 0 Å². The molecule has 0 saturated heterocycles. The van der Waals surface area contributed by atoms with Crippen LogP contribution in [0.2, 0.25) is 5.02 Å². The number of hydrogen-bond acceptors (Lipinski definition) is 4. The first-order valence-electron chi connectivity index (χ1n) is 9.95. The monoisotopic (exact) mass is 455 g/mol. The lowest BCUT2D eigenvalue weighted by Crippen LogP contribution is -2.30. The molecule has 0 amide bonds. The molecule has 0 aliphatic carbocycles. The normalized spacial score (nSPS) is 14.2. The van der Waals surface area contributed by atoms with Crippen LogP contribution in [0.5, 0.6) is 0 Å². The summed E-state index contributed by atoms with van der Waals surface area (Å²) in [6.45, 7) is 4.17. The smallest absolute Gasteiger partial charge is 0.265 e. The lowest BCUT2D eigenvalue weighted by molar-refractivity contribution is 0.0954. The minimum absolute atomic E-state index is 0.00200. The Morgan fingerprint density at radius 3 is 2.58 bits per heavy atom. The third-order valence-electron chi connectivity index (χ3n) is 5.04. The number of benzene rings is 2. The van der Waals surface area contributed by atoms with Crippen molar-refractivity contribution in [1.82, 2.24) is 4.57 Å². The van der Waals surface area contributed by atoms with Crippen LogP contribution in [0.1, 0.15) is 29.8 Å². The van der Waals surface area contributed by atoms with Crippen molar-refractivity contribution in [1.29, 1.82) is 0 Å². The number of carbonyl (C=O) groups is 1. The van der Waals surface area contributed by atoms with Crippen molar-refractivity contribution in [3.05, 3.63) is 88.5 Å². The van der Waals surface area contributed by atoms with E-state index in [-0.39, 0.29) is 27.4 Å². The average Bonchev–Trinajstić information content (AvgIpc) is 3.18. The molecule has 2 aromatic carbocycles. The van der Waals surface area contributed by atoms with Crippen molar-refractivity contribution >= 4 is 33.2 Å². The molecule has 0 fully saturated rings. The Morgan fingerprint density at radius 1 is 1.06 bits per heavy atom. The van der Waals surface area contributed by atoms with Crippen molar-refractivity contribution < 1.29 is 13.2 Å². The highest BCUT2D eigenvalue weighted by Gasteiger charge is 2.32. The van der Waals surface area contributed by atoms with Gasteiger partial charge in [-0.15, -0.1) is 0 Å². The molecule has 31 heavy (non-hydrogen) atoms. The zero-order valence-electron chi connectivity index (χ0n) is 17.2. The van der Waals surface area contributed by atoms with Crippen molar-refractivity contribution in [2.24, 2.45) is 4.99 Å². The lowest BCUT2D eigenvalue weighted by Gasteiger charge is -2.20. The molecule has 3 aromatic rings. The molecule has 0 unspecified atom stereocenters. The Kier molecular flexibility index (Phi) is 5.73. The fourth-order valence-electron chi connectivity index (χ4n) is 3.63. The summed E-state index contributed by atoms with van der Waals surface area (Å²) in [6, 6.07) is 17.0. The number of para-hydroxylation sites is 1. The van der Waals surface area contributed by atoms with E-state index in [1.54, 1.807) is 36.5 Å². The standard InChI is InChI=1S/C23H22ClN3O3S/c1-16(2)25-22-9-5-6-13-26(22)23(28)18-10-11-19(24)21(15-18)31(29,30)27-14-12-17-7-3-4-8-20(17)27/h3-11,13,15-16H,12,14H2,1-2H3. The van der Waals surface area contributed by atoms with Crippen LogP contribution in [0.4, 0.5) is 5.69 Å². The predicted molar refractivity (Wildman–Crippen MR) is 121 cm³/mol. The third kappa shape index (κ3) is 4.03. The number of carbonyl (C=O) groups excluding carboxylic acids is 1. The van der Waals surface area contributed by atoms with Crippen molar-refractivity contribution in [2.75, 3.05) is 10.8 Å². The summed E-state index contributed by atoms with van der Waals surface area (Å²) in [7, 11) is -3.93. The maximum Gasteiger partial charge on any atom is 0.265 e. The van der Waals surface area contributed by atoms with E-state index in [4.69, 9.17) is 11.6 Å². The highest BCUT2D eigenvalue weighted by Crippen LogP contribution is 2.35. The van der Waals surface area contributed by atoms with Gasteiger partial charge in [0.1, 0.15) is 10.4 Å². The van der Waals surface area contributed by atoms with Gasteiger partial charge in [-0.05, 0) is 62.2 Å². The molecule has 8 heteroatoms. The largest absolute Gasteiger partial charge is 0.268 e. The van der Waals surface area contributed by atoms with E-state index in [0.29, 0.717) is 24.1 Å². The molecule has 2 heterocycles. The van der Waals surface area contributed by atoms with Crippen LogP contribution in [0.15, 0.2) is 76.7 Å². The van der Waals surface area contributed by atoms with Crippen molar-refractivity contribution in [3.63, 3.8) is 0 Å². The van der Waals surface area contributed by atoms with E-state index in [9.17, 15) is 13.2 Å². The summed E-state index contributed by atoms with van der Waals surface area (Å²) >= 11 is 6.29. The fourth-order valence-corrected chi connectivity index (χ4v) is 5.63. The van der Waals surface area contributed by atoms with Crippen LogP contribution in [0.25, 0.3) is 0 Å². The Hall–Kier alpha value is -2.90. The van der Waals surface area contributed by atoms with Gasteiger partial charge in [-0.3, -0.25) is 18.7 Å². The summed E-state index contributed by atoms with van der Waals surface area (Å²) in [6.07, 6.45) is 2.24. The van der Waals surface area contributed by atoms with Crippen LogP contribution in [-0.4, -0.2) is 31.5 Å². The second kappa shape index (κ2) is 8.32. The molecule has 0 saturated carbocycles. The quantitative estimate of drug-likeness (QED) is 0.599. The summed E-state index contributed by atoms with van der Waals surface area (Å²) in [5, 5.41) is 0.0751. The van der Waals surface area contributed by atoms with Gasteiger partial charge in [-0.25, -0.2) is 8.42 Å². The first-order valence-corrected chi connectivity index (χ1v) is 11.8. The minimum Gasteiger partial charge on any atom is -0.268 e. The summed E-state index contributed by atoms with van der Waals surface area (Å²) in [4.78, 5) is 17.6. The van der Waals surface area contributed by atoms with Crippen LogP contribution >= 0.6 is 11.6 Å². The molecule has 1 aliphatic heterocycles. The van der Waals surface area contributed by atoms with E-state index < -0.39 is 10.0 Å². The van der Waals surface area contributed by atoms with Gasteiger partial charge in [0.05, 0.1) is 10.7 Å². The second-order valence-corrected chi connectivity index (χ2v) is 9.80. The first kappa shape index (κ1) is 21.3. The van der Waals surface area contributed by atoms with Crippen LogP contribution in [-0.2, 0) is 16.4 Å². The maximum absolute atomic E-state index is 13.4. The van der Waals surface area contributed by atoms with E-state index >= 15 is 0 Å². The van der Waals surface area contributed by atoms with Gasteiger partial charge in [0.2, 0.25) is 0 Å². The molecule has 0 bridgehead atoms. The summed E-state index contributed by atoms with van der Waals surface area (Å²) in [5.74, 6) is -0.380. The molecule has 160 valence electrons. The van der Waals surface area contributed by atoms with Gasteiger partial charge >= 0.3 is 0 Å². The number of hydrogen-bond donors (Lipinski definition) is 0. The number of halogens is 1. The molecular formula is C23H22ClN3O3S. The molecule has 0 spiro atoms. The van der Waals surface area contributed by atoms with Crippen LogP contribution in [0, 0.1) is 0 Å². The number of rotatable bonds is 4. The molecule has 4 rings (SSSR count). The third-order valence-corrected chi connectivity index (χ3v) is 7.33. The summed E-state index contributed by atoms with van der Waals surface area (Å²) < 4.78 is 29.7. The summed E-state index contributed by atoms with van der Waals surface area (Å²) in [5.41, 5.74) is 2.32. The van der Waals surface area contributed by atoms with E-state index in [1.807, 2.05) is 26.0 Å². The van der Waals surface area contributed by atoms with Crippen LogP contribution < -0.4 is 9.79 Å². The zero-order valence-corrected chi connectivity index (χ0v) is 18.8. The highest BCUT2D eigenvalue weighted by molar-refractivity contribution is 7.93. The van der Waals surface area contributed by atoms with Crippen LogP contribution in [0.3, 0.4) is 0 Å². The van der Waals surface area contributed by atoms with E-state index in [2.05, 4.69) is 4.99 Å². The first-order chi connectivity index (χ1) is 14.8. The number of aromatic nitrogens is 1. The molecule has 0 radical (unpaired) electrons. The van der Waals surface area contributed by atoms with E-state index in [0.717, 1.165) is 5.56 Å². The van der Waals surface area contributed by atoms with Crippen molar-refractivity contribution in [2.45, 2.75) is 31.2 Å². The second-order valence-electron chi connectivity index (χ2n) is 7.56. The Labute approximate surface area is 186 Å². The molecule has 0 N–H and O–H groups in total. The van der Waals surface area contributed by atoms with E-state index in [1.165, 1.54) is 27.1 Å². The number of pyridine rings is 1. The molecular weight excluding hydrogens is 434 g/mol. The molecule has 0 atom stereocenters. The van der Waals surface area contributed by atoms with Crippen molar-refractivity contribution in [3.8, 4) is 0 Å².